The Morgan fingerprint density at radius 2 is 2.17 bits per heavy atom. The Kier molecular flexibility index (Phi) is 4.07. The van der Waals surface area contributed by atoms with Crippen LogP contribution in [0.2, 0.25) is 0 Å². The van der Waals surface area contributed by atoms with Crippen molar-refractivity contribution in [2.45, 2.75) is 25.4 Å². The summed E-state index contributed by atoms with van der Waals surface area (Å²) < 4.78 is 3.68. The molecule has 0 aliphatic carbocycles. The summed E-state index contributed by atoms with van der Waals surface area (Å²) in [4.78, 5) is 16.2. The van der Waals surface area contributed by atoms with E-state index in [4.69, 9.17) is 0 Å². The highest BCUT2D eigenvalue weighted by molar-refractivity contribution is 7.15. The van der Waals surface area contributed by atoms with E-state index in [0.717, 1.165) is 36.4 Å². The smallest absolute Gasteiger partial charge is 0.306 e. The van der Waals surface area contributed by atoms with Gasteiger partial charge in [-0.1, -0.05) is 0 Å². The van der Waals surface area contributed by atoms with Crippen molar-refractivity contribution in [2.75, 3.05) is 20.1 Å². The van der Waals surface area contributed by atoms with Crippen LogP contribution in [0.5, 0.6) is 0 Å². The zero-order chi connectivity index (χ0) is 16.5. The maximum atomic E-state index is 11.5. The van der Waals surface area contributed by atoms with E-state index in [9.17, 15) is 4.79 Å². The Morgan fingerprint density at radius 3 is 2.92 bits per heavy atom. The molecule has 1 aliphatic heterocycles. The Balaban J connectivity index is 1.49. The summed E-state index contributed by atoms with van der Waals surface area (Å²) in [6.07, 6.45) is 7.92. The van der Waals surface area contributed by atoms with Gasteiger partial charge >= 0.3 is 5.69 Å². The van der Waals surface area contributed by atoms with Gasteiger partial charge in [-0.15, -0.1) is 11.3 Å². The van der Waals surface area contributed by atoms with Gasteiger partial charge in [0, 0.05) is 21.5 Å². The lowest BCUT2D eigenvalue weighted by molar-refractivity contribution is 0.212. The van der Waals surface area contributed by atoms with Crippen molar-refractivity contribution in [1.29, 1.82) is 0 Å². The van der Waals surface area contributed by atoms with Gasteiger partial charge in [-0.3, -0.25) is 9.25 Å². The van der Waals surface area contributed by atoms with Crippen LogP contribution in [0.25, 0.3) is 10.4 Å². The number of rotatable bonds is 4. The molecule has 0 unspecified atom stereocenters. The summed E-state index contributed by atoms with van der Waals surface area (Å²) in [6.45, 7) is 2.80. The summed E-state index contributed by atoms with van der Waals surface area (Å²) in [5.74, 6) is 0. The minimum absolute atomic E-state index is 0.181. The second kappa shape index (κ2) is 6.37. The molecule has 1 saturated heterocycles. The second-order valence-electron chi connectivity index (χ2n) is 6.30. The van der Waals surface area contributed by atoms with Gasteiger partial charge in [0.05, 0.1) is 18.8 Å². The average molecular weight is 344 g/mol. The number of likely N-dealkylation sites (tertiary alicyclic amines) is 1. The van der Waals surface area contributed by atoms with Crippen LogP contribution in [-0.2, 0) is 6.54 Å². The molecule has 4 rings (SSSR count). The normalized spacial score (nSPS) is 16.7. The molecule has 1 aliphatic rings. The van der Waals surface area contributed by atoms with Gasteiger partial charge in [-0.05, 0) is 45.1 Å². The molecular formula is C16H20N6OS. The molecule has 24 heavy (non-hydrogen) atoms. The van der Waals surface area contributed by atoms with Crippen molar-refractivity contribution in [3.63, 3.8) is 0 Å². The third-order valence-electron chi connectivity index (χ3n) is 4.55. The van der Waals surface area contributed by atoms with Crippen LogP contribution in [0.1, 0.15) is 23.8 Å². The fourth-order valence-electron chi connectivity index (χ4n) is 3.09. The molecule has 0 radical (unpaired) electrons. The summed E-state index contributed by atoms with van der Waals surface area (Å²) in [5, 5.41) is 10.7. The monoisotopic (exact) mass is 344 g/mol. The van der Waals surface area contributed by atoms with Crippen molar-refractivity contribution in [1.82, 2.24) is 29.4 Å². The Bertz CT molecular complexity index is 867. The minimum Gasteiger partial charge on any atom is -0.306 e. The molecule has 0 atom stereocenters. The summed E-state index contributed by atoms with van der Waals surface area (Å²) in [7, 11) is 2.17. The third-order valence-corrected chi connectivity index (χ3v) is 5.67. The number of nitrogens with zero attached hydrogens (tertiary/aromatic N) is 5. The van der Waals surface area contributed by atoms with Crippen molar-refractivity contribution in [2.24, 2.45) is 0 Å². The van der Waals surface area contributed by atoms with Crippen LogP contribution in [0.3, 0.4) is 0 Å². The zero-order valence-corrected chi connectivity index (χ0v) is 14.4. The highest BCUT2D eigenvalue weighted by atomic mass is 32.1. The van der Waals surface area contributed by atoms with E-state index in [0.29, 0.717) is 12.6 Å². The van der Waals surface area contributed by atoms with Crippen LogP contribution < -0.4 is 5.69 Å². The molecule has 0 aromatic carbocycles. The molecular weight excluding hydrogens is 324 g/mol. The molecule has 0 amide bonds. The van der Waals surface area contributed by atoms with Crippen molar-refractivity contribution in [3.05, 3.63) is 46.2 Å². The fourth-order valence-corrected chi connectivity index (χ4v) is 4.07. The van der Waals surface area contributed by atoms with Gasteiger partial charge in [-0.2, -0.15) is 10.2 Å². The summed E-state index contributed by atoms with van der Waals surface area (Å²) in [6, 6.07) is 4.66. The van der Waals surface area contributed by atoms with Crippen molar-refractivity contribution < 1.29 is 0 Å². The molecule has 8 heteroatoms. The first-order chi connectivity index (χ1) is 11.7. The number of nitrogens with one attached hydrogen (secondary N) is 1. The topological polar surface area (TPSA) is 71.7 Å². The van der Waals surface area contributed by atoms with Gasteiger partial charge in [0.25, 0.3) is 0 Å². The van der Waals surface area contributed by atoms with E-state index in [1.165, 1.54) is 11.2 Å². The highest BCUT2D eigenvalue weighted by Gasteiger charge is 2.19. The van der Waals surface area contributed by atoms with Crippen molar-refractivity contribution in [3.8, 4) is 10.4 Å². The number of aromatic amines is 1. The predicted octanol–water partition coefficient (Wildman–Crippen LogP) is 1.81. The van der Waals surface area contributed by atoms with Crippen LogP contribution in [-0.4, -0.2) is 49.6 Å². The van der Waals surface area contributed by atoms with Crippen molar-refractivity contribution >= 4 is 11.3 Å². The Hall–Kier alpha value is -2.19. The quantitative estimate of drug-likeness (QED) is 0.783. The number of hydrogen-bond acceptors (Lipinski definition) is 5. The standard InChI is InChI=1S/C16H20N6OS/c1-20-6-4-13(5-7-20)22-9-12(8-18-22)15-3-2-14(24-15)10-21-11-17-19-16(21)23/h2-3,8-9,11,13H,4-7,10H2,1H3,(H,19,23). The molecule has 4 heterocycles. The fraction of sp³-hybridized carbons (Fsp3) is 0.438. The molecule has 3 aromatic rings. The van der Waals surface area contributed by atoms with E-state index in [1.807, 2.05) is 6.20 Å². The van der Waals surface area contributed by atoms with E-state index in [2.05, 4.69) is 50.3 Å². The number of H-pyrrole nitrogens is 1. The number of hydrogen-bond donors (Lipinski definition) is 1. The minimum atomic E-state index is -0.181. The largest absolute Gasteiger partial charge is 0.343 e. The predicted molar refractivity (Wildman–Crippen MR) is 93.3 cm³/mol. The molecule has 126 valence electrons. The molecule has 7 nitrogen and oxygen atoms in total. The van der Waals surface area contributed by atoms with Gasteiger partial charge in [0.15, 0.2) is 0 Å². The van der Waals surface area contributed by atoms with Gasteiger partial charge < -0.3 is 4.90 Å². The lowest BCUT2D eigenvalue weighted by atomic mass is 10.1. The highest BCUT2D eigenvalue weighted by Crippen LogP contribution is 2.30. The van der Waals surface area contributed by atoms with Gasteiger partial charge in [0.1, 0.15) is 6.33 Å². The third kappa shape index (κ3) is 3.07. The number of piperidine rings is 1. The van der Waals surface area contributed by atoms with Gasteiger partial charge in [0.2, 0.25) is 0 Å². The first kappa shape index (κ1) is 15.3. The second-order valence-corrected chi connectivity index (χ2v) is 7.47. The van der Waals surface area contributed by atoms with Gasteiger partial charge in [-0.25, -0.2) is 9.89 Å². The zero-order valence-electron chi connectivity index (χ0n) is 13.6. The number of thiophene rings is 1. The van der Waals surface area contributed by atoms with E-state index in [-0.39, 0.29) is 5.69 Å². The number of aromatic nitrogens is 5. The molecule has 0 bridgehead atoms. The Labute approximate surface area is 143 Å². The SMILES string of the molecule is CN1CCC(n2cc(-c3ccc(Cn4cn[nH]c4=O)s3)cn2)CC1. The molecule has 3 aromatic heterocycles. The van der Waals surface area contributed by atoms with Crippen LogP contribution in [0.15, 0.2) is 35.6 Å². The van der Waals surface area contributed by atoms with Crippen LogP contribution >= 0.6 is 11.3 Å². The molecule has 0 spiro atoms. The van der Waals surface area contributed by atoms with Crippen LogP contribution in [0, 0.1) is 0 Å². The maximum absolute atomic E-state index is 11.5. The first-order valence-electron chi connectivity index (χ1n) is 8.10. The summed E-state index contributed by atoms with van der Waals surface area (Å²) in [5.41, 5.74) is 0.963. The molecule has 1 N–H and O–H groups in total. The maximum Gasteiger partial charge on any atom is 0.343 e. The van der Waals surface area contributed by atoms with Crippen LogP contribution in [0.4, 0.5) is 0 Å². The molecule has 0 saturated carbocycles. The van der Waals surface area contributed by atoms with E-state index in [1.54, 1.807) is 15.9 Å². The lowest BCUT2D eigenvalue weighted by Gasteiger charge is -2.28. The first-order valence-corrected chi connectivity index (χ1v) is 8.92. The van der Waals surface area contributed by atoms with E-state index < -0.39 is 0 Å². The Morgan fingerprint density at radius 1 is 1.33 bits per heavy atom. The average Bonchev–Trinajstić information content (AvgIpc) is 3.30. The summed E-state index contributed by atoms with van der Waals surface area (Å²) >= 11 is 1.69. The molecule has 1 fully saturated rings. The van der Waals surface area contributed by atoms with E-state index >= 15 is 0 Å². The lowest BCUT2D eigenvalue weighted by Crippen LogP contribution is -2.31.